The van der Waals surface area contributed by atoms with Crippen molar-refractivity contribution in [1.29, 1.82) is 0 Å². The van der Waals surface area contributed by atoms with E-state index in [1.165, 1.54) is 0 Å². The predicted molar refractivity (Wildman–Crippen MR) is 101 cm³/mol. The number of anilines is 2. The van der Waals surface area contributed by atoms with E-state index in [1.807, 2.05) is 43.3 Å². The van der Waals surface area contributed by atoms with Crippen molar-refractivity contribution < 1.29 is 8.42 Å². The van der Waals surface area contributed by atoms with Crippen molar-refractivity contribution >= 4 is 21.2 Å². The molecule has 25 heavy (non-hydrogen) atoms. The van der Waals surface area contributed by atoms with E-state index in [0.29, 0.717) is 16.3 Å². The van der Waals surface area contributed by atoms with Crippen molar-refractivity contribution in [3.05, 3.63) is 83.9 Å². The molecule has 0 atom stereocenters. The maximum Gasteiger partial charge on any atom is 0.206 e. The van der Waals surface area contributed by atoms with Crippen LogP contribution in [-0.2, 0) is 16.4 Å². The van der Waals surface area contributed by atoms with Crippen molar-refractivity contribution in [1.82, 2.24) is 0 Å². The molecule has 0 aromatic heterocycles. The van der Waals surface area contributed by atoms with Gasteiger partial charge in [-0.3, -0.25) is 0 Å². The van der Waals surface area contributed by atoms with Gasteiger partial charge in [-0.1, -0.05) is 29.8 Å². The van der Waals surface area contributed by atoms with Crippen LogP contribution in [0.5, 0.6) is 0 Å². The van der Waals surface area contributed by atoms with Crippen LogP contribution in [0.1, 0.15) is 11.1 Å². The molecule has 0 unspecified atom stereocenters. The average molecular weight is 352 g/mol. The molecule has 0 aliphatic rings. The average Bonchev–Trinajstić information content (AvgIpc) is 2.62. The highest BCUT2D eigenvalue weighted by Crippen LogP contribution is 2.22. The molecule has 128 valence electrons. The number of hydrogen-bond donors (Lipinski definition) is 2. The van der Waals surface area contributed by atoms with Crippen LogP contribution in [-0.4, -0.2) is 8.42 Å². The van der Waals surface area contributed by atoms with E-state index >= 15 is 0 Å². The molecule has 3 aromatic carbocycles. The quantitative estimate of drug-likeness (QED) is 0.680. The molecule has 3 N–H and O–H groups in total. The van der Waals surface area contributed by atoms with Gasteiger partial charge in [-0.05, 0) is 61.0 Å². The fourth-order valence-electron chi connectivity index (χ4n) is 2.45. The van der Waals surface area contributed by atoms with Crippen LogP contribution < -0.4 is 11.1 Å². The second kappa shape index (κ2) is 6.99. The number of benzene rings is 3. The van der Waals surface area contributed by atoms with Gasteiger partial charge in [-0.15, -0.1) is 0 Å². The van der Waals surface area contributed by atoms with E-state index in [-0.39, 0.29) is 0 Å². The Hall–Kier alpha value is -2.79. The summed E-state index contributed by atoms with van der Waals surface area (Å²) in [7, 11) is -3.48. The first-order chi connectivity index (χ1) is 11.9. The predicted octanol–water partition coefficient (Wildman–Crippen LogP) is 4.02. The number of nitrogen functional groups attached to an aromatic ring is 1. The standard InChI is InChI=1S/C20H20N2O2S/c1-15-2-10-19(11-3-15)25(23,24)20-12-4-16(5-13-20)14-22-18-8-6-17(21)7-9-18/h2-13,22H,14,21H2,1H3. The smallest absolute Gasteiger partial charge is 0.206 e. The lowest BCUT2D eigenvalue weighted by Gasteiger charge is -2.09. The molecule has 0 aliphatic carbocycles. The summed E-state index contributed by atoms with van der Waals surface area (Å²) in [4.78, 5) is 0.610. The summed E-state index contributed by atoms with van der Waals surface area (Å²) < 4.78 is 25.3. The van der Waals surface area contributed by atoms with Gasteiger partial charge in [0.1, 0.15) is 0 Å². The molecule has 5 heteroatoms. The number of aryl methyl sites for hydroxylation is 1. The lowest BCUT2D eigenvalue weighted by molar-refractivity contribution is 0.596. The van der Waals surface area contributed by atoms with Gasteiger partial charge in [0.05, 0.1) is 9.79 Å². The third kappa shape index (κ3) is 4.00. The number of nitrogens with one attached hydrogen (secondary N) is 1. The van der Waals surface area contributed by atoms with Gasteiger partial charge in [0.2, 0.25) is 9.84 Å². The summed E-state index contributed by atoms with van der Waals surface area (Å²) in [5, 5.41) is 3.28. The van der Waals surface area contributed by atoms with Crippen LogP contribution in [0.3, 0.4) is 0 Å². The van der Waals surface area contributed by atoms with Gasteiger partial charge in [-0.2, -0.15) is 0 Å². The minimum absolute atomic E-state index is 0.299. The Morgan fingerprint density at radius 2 is 1.32 bits per heavy atom. The van der Waals surface area contributed by atoms with Crippen LogP contribution >= 0.6 is 0 Å². The van der Waals surface area contributed by atoms with Crippen molar-refractivity contribution in [2.75, 3.05) is 11.1 Å². The lowest BCUT2D eigenvalue weighted by atomic mass is 10.2. The van der Waals surface area contributed by atoms with Crippen LogP contribution in [0.4, 0.5) is 11.4 Å². The highest BCUT2D eigenvalue weighted by molar-refractivity contribution is 7.91. The van der Waals surface area contributed by atoms with Gasteiger partial charge in [0, 0.05) is 17.9 Å². The van der Waals surface area contributed by atoms with Crippen LogP contribution in [0.25, 0.3) is 0 Å². The molecule has 0 bridgehead atoms. The van der Waals surface area contributed by atoms with Crippen molar-refractivity contribution in [2.24, 2.45) is 0 Å². The zero-order valence-corrected chi connectivity index (χ0v) is 14.8. The van der Waals surface area contributed by atoms with Crippen LogP contribution in [0.2, 0.25) is 0 Å². The van der Waals surface area contributed by atoms with E-state index in [1.54, 1.807) is 36.4 Å². The Balaban J connectivity index is 1.73. The fraction of sp³-hybridized carbons (Fsp3) is 0.100. The maximum absolute atomic E-state index is 12.6. The van der Waals surface area contributed by atoms with Crippen molar-refractivity contribution in [3.63, 3.8) is 0 Å². The van der Waals surface area contributed by atoms with E-state index in [4.69, 9.17) is 5.73 Å². The summed E-state index contributed by atoms with van der Waals surface area (Å²) in [6, 6.07) is 21.3. The third-order valence-corrected chi connectivity index (χ3v) is 5.76. The number of sulfone groups is 1. The van der Waals surface area contributed by atoms with E-state index in [0.717, 1.165) is 22.5 Å². The Bertz CT molecular complexity index is 946. The largest absolute Gasteiger partial charge is 0.399 e. The molecule has 0 radical (unpaired) electrons. The van der Waals surface area contributed by atoms with E-state index < -0.39 is 9.84 Å². The molecule has 3 aromatic rings. The molecule has 0 saturated carbocycles. The number of rotatable bonds is 5. The molecule has 0 aliphatic heterocycles. The summed E-state index contributed by atoms with van der Waals surface area (Å²) in [6.07, 6.45) is 0. The molecule has 4 nitrogen and oxygen atoms in total. The van der Waals surface area contributed by atoms with Crippen molar-refractivity contribution in [2.45, 2.75) is 23.3 Å². The highest BCUT2D eigenvalue weighted by atomic mass is 32.2. The Morgan fingerprint density at radius 1 is 0.800 bits per heavy atom. The molecule has 0 spiro atoms. The zero-order valence-electron chi connectivity index (χ0n) is 13.9. The van der Waals surface area contributed by atoms with Crippen LogP contribution in [0, 0.1) is 6.92 Å². The van der Waals surface area contributed by atoms with E-state index in [9.17, 15) is 8.42 Å². The minimum Gasteiger partial charge on any atom is -0.399 e. The normalized spacial score (nSPS) is 11.2. The van der Waals surface area contributed by atoms with Gasteiger partial charge < -0.3 is 11.1 Å². The van der Waals surface area contributed by atoms with E-state index in [2.05, 4.69) is 5.32 Å². The zero-order chi connectivity index (χ0) is 17.9. The second-order valence-corrected chi connectivity index (χ2v) is 7.89. The van der Waals surface area contributed by atoms with Gasteiger partial charge in [0.15, 0.2) is 0 Å². The first-order valence-corrected chi connectivity index (χ1v) is 9.43. The molecule has 0 amide bonds. The van der Waals surface area contributed by atoms with Gasteiger partial charge >= 0.3 is 0 Å². The minimum atomic E-state index is -3.48. The molecule has 0 saturated heterocycles. The topological polar surface area (TPSA) is 72.2 Å². The molecular weight excluding hydrogens is 332 g/mol. The SMILES string of the molecule is Cc1ccc(S(=O)(=O)c2ccc(CNc3ccc(N)cc3)cc2)cc1. The van der Waals surface area contributed by atoms with Gasteiger partial charge in [0.25, 0.3) is 0 Å². The first kappa shape index (κ1) is 17.0. The Morgan fingerprint density at radius 3 is 1.88 bits per heavy atom. The maximum atomic E-state index is 12.6. The lowest BCUT2D eigenvalue weighted by Crippen LogP contribution is -2.03. The first-order valence-electron chi connectivity index (χ1n) is 7.95. The monoisotopic (exact) mass is 352 g/mol. The Labute approximate surface area is 148 Å². The number of nitrogens with two attached hydrogens (primary N) is 1. The molecule has 3 rings (SSSR count). The third-order valence-electron chi connectivity index (χ3n) is 3.97. The second-order valence-electron chi connectivity index (χ2n) is 5.94. The highest BCUT2D eigenvalue weighted by Gasteiger charge is 2.17. The van der Waals surface area contributed by atoms with Crippen LogP contribution in [0.15, 0.2) is 82.6 Å². The summed E-state index contributed by atoms with van der Waals surface area (Å²) in [6.45, 7) is 2.54. The molecule has 0 fully saturated rings. The summed E-state index contributed by atoms with van der Waals surface area (Å²) in [5.41, 5.74) is 9.38. The molecule has 0 heterocycles. The van der Waals surface area contributed by atoms with Crippen molar-refractivity contribution in [3.8, 4) is 0 Å². The summed E-state index contributed by atoms with van der Waals surface area (Å²) >= 11 is 0. The number of hydrogen-bond acceptors (Lipinski definition) is 4. The summed E-state index contributed by atoms with van der Waals surface area (Å²) in [5.74, 6) is 0. The molecular formula is C20H20N2O2S. The fourth-order valence-corrected chi connectivity index (χ4v) is 3.71. The Kier molecular flexibility index (Phi) is 4.76. The van der Waals surface area contributed by atoms with Gasteiger partial charge in [-0.25, -0.2) is 8.42 Å².